The predicted molar refractivity (Wildman–Crippen MR) is 59.5 cm³/mol. The van der Waals surface area contributed by atoms with Gasteiger partial charge in [-0.25, -0.2) is 18.3 Å². The van der Waals surface area contributed by atoms with Gasteiger partial charge in [0.2, 0.25) is 0 Å². The summed E-state index contributed by atoms with van der Waals surface area (Å²) in [5.74, 6) is -2.56. The molecule has 1 heterocycles. The van der Waals surface area contributed by atoms with Gasteiger partial charge in [0, 0.05) is 13.1 Å². The first kappa shape index (κ1) is 12.9. The van der Waals surface area contributed by atoms with Crippen molar-refractivity contribution >= 4 is 5.97 Å². The highest BCUT2D eigenvalue weighted by Gasteiger charge is 2.15. The molecule has 6 nitrogen and oxygen atoms in total. The van der Waals surface area contributed by atoms with Crippen molar-refractivity contribution in [3.63, 3.8) is 0 Å². The van der Waals surface area contributed by atoms with Gasteiger partial charge < -0.3 is 9.84 Å². The predicted octanol–water partition coefficient (Wildman–Crippen LogP) is 1.22. The minimum absolute atomic E-state index is 0.0431. The van der Waals surface area contributed by atoms with Gasteiger partial charge in [-0.05, 0) is 12.1 Å². The van der Waals surface area contributed by atoms with Crippen molar-refractivity contribution in [3.05, 3.63) is 29.8 Å². The third kappa shape index (κ3) is 2.84. The lowest BCUT2D eigenvalue weighted by atomic mass is 10.2. The highest BCUT2D eigenvalue weighted by molar-refractivity contribution is 5.68. The van der Waals surface area contributed by atoms with Crippen molar-refractivity contribution in [1.29, 1.82) is 0 Å². The van der Waals surface area contributed by atoms with Crippen molar-refractivity contribution in [2.24, 2.45) is 7.05 Å². The van der Waals surface area contributed by atoms with Gasteiger partial charge in [-0.2, -0.15) is 4.98 Å². The number of hydrogen-bond donors (Lipinski definition) is 1. The highest BCUT2D eigenvalue weighted by atomic mass is 19.1. The van der Waals surface area contributed by atoms with E-state index in [1.807, 2.05) is 0 Å². The molecule has 0 saturated heterocycles. The van der Waals surface area contributed by atoms with Gasteiger partial charge in [0.25, 0.3) is 0 Å². The number of nitrogens with zero attached hydrogens (tertiary/aromatic N) is 3. The van der Waals surface area contributed by atoms with Crippen LogP contribution in [0.25, 0.3) is 11.4 Å². The number of benzene rings is 1. The first-order chi connectivity index (χ1) is 8.97. The second kappa shape index (κ2) is 5.01. The smallest absolute Gasteiger partial charge is 0.341 e. The van der Waals surface area contributed by atoms with Gasteiger partial charge in [-0.1, -0.05) is 0 Å². The van der Waals surface area contributed by atoms with Gasteiger partial charge in [0.15, 0.2) is 12.4 Å². The lowest BCUT2D eigenvalue weighted by molar-refractivity contribution is -0.139. The van der Waals surface area contributed by atoms with Crippen LogP contribution in [0, 0.1) is 11.6 Å². The lowest BCUT2D eigenvalue weighted by Gasteiger charge is -2.01. The number of aliphatic carboxylic acids is 1. The molecule has 100 valence electrons. The SMILES string of the molecule is Cn1nc(OCC(=O)O)nc1-c1ccc(F)cc1F. The molecule has 0 aliphatic carbocycles. The standard InChI is InChI=1S/C11H9F2N3O3/c1-16-10(7-3-2-6(12)4-8(7)13)14-11(15-16)19-5-9(17)18/h2-4H,5H2,1H3,(H,17,18). The zero-order chi connectivity index (χ0) is 14.0. The van der Waals surface area contributed by atoms with Crippen molar-refractivity contribution in [1.82, 2.24) is 14.8 Å². The van der Waals surface area contributed by atoms with Crippen LogP contribution in [0.5, 0.6) is 6.01 Å². The van der Waals surface area contributed by atoms with Crippen LogP contribution < -0.4 is 4.74 Å². The van der Waals surface area contributed by atoms with Gasteiger partial charge >= 0.3 is 12.0 Å². The van der Waals surface area contributed by atoms with E-state index in [1.54, 1.807) is 0 Å². The normalized spacial score (nSPS) is 10.5. The summed E-state index contributed by atoms with van der Waals surface area (Å²) in [7, 11) is 1.48. The molecule has 1 N–H and O–H groups in total. The average Bonchev–Trinajstić information content (AvgIpc) is 2.68. The number of carboxylic acids is 1. The topological polar surface area (TPSA) is 77.2 Å². The monoisotopic (exact) mass is 269 g/mol. The van der Waals surface area contributed by atoms with Crippen molar-refractivity contribution < 1.29 is 23.4 Å². The van der Waals surface area contributed by atoms with E-state index in [2.05, 4.69) is 10.1 Å². The molecule has 0 atom stereocenters. The van der Waals surface area contributed by atoms with E-state index >= 15 is 0 Å². The Morgan fingerprint density at radius 3 is 2.84 bits per heavy atom. The maximum absolute atomic E-state index is 13.6. The molecule has 1 aromatic carbocycles. The van der Waals surface area contributed by atoms with E-state index < -0.39 is 24.2 Å². The summed E-state index contributed by atoms with van der Waals surface area (Å²) in [4.78, 5) is 14.2. The van der Waals surface area contributed by atoms with Crippen LogP contribution in [0.15, 0.2) is 18.2 Å². The molecular formula is C11H9F2N3O3. The Morgan fingerprint density at radius 1 is 1.47 bits per heavy atom. The summed E-state index contributed by atoms with van der Waals surface area (Å²) >= 11 is 0. The number of carboxylic acid groups (broad SMARTS) is 1. The van der Waals surface area contributed by atoms with Crippen LogP contribution in [-0.2, 0) is 11.8 Å². The third-order valence-electron chi connectivity index (χ3n) is 2.24. The summed E-state index contributed by atoms with van der Waals surface area (Å²) in [6.45, 7) is -0.602. The van der Waals surface area contributed by atoms with Gasteiger partial charge in [0.1, 0.15) is 11.6 Å². The van der Waals surface area contributed by atoms with Crippen molar-refractivity contribution in [3.8, 4) is 17.4 Å². The first-order valence-electron chi connectivity index (χ1n) is 5.18. The number of rotatable bonds is 4. The molecule has 0 radical (unpaired) electrons. The zero-order valence-corrected chi connectivity index (χ0v) is 9.80. The van der Waals surface area contributed by atoms with Crippen LogP contribution in [0.4, 0.5) is 8.78 Å². The Kier molecular flexibility index (Phi) is 3.41. The van der Waals surface area contributed by atoms with Gasteiger partial charge in [-0.3, -0.25) is 0 Å². The Bertz CT molecular complexity index is 628. The van der Waals surface area contributed by atoms with Gasteiger partial charge in [0.05, 0.1) is 5.56 Å². The quantitative estimate of drug-likeness (QED) is 0.903. The molecule has 19 heavy (non-hydrogen) atoms. The largest absolute Gasteiger partial charge is 0.479 e. The molecule has 2 rings (SSSR count). The number of aromatic nitrogens is 3. The average molecular weight is 269 g/mol. The van der Waals surface area contributed by atoms with Gasteiger partial charge in [-0.15, -0.1) is 5.10 Å². The van der Waals surface area contributed by atoms with E-state index in [0.717, 1.165) is 12.1 Å². The molecule has 0 saturated carbocycles. The van der Waals surface area contributed by atoms with Crippen LogP contribution in [0.3, 0.4) is 0 Å². The summed E-state index contributed by atoms with van der Waals surface area (Å²) in [5, 5.41) is 12.2. The summed E-state index contributed by atoms with van der Waals surface area (Å²) in [5.41, 5.74) is 0.0431. The highest BCUT2D eigenvalue weighted by Crippen LogP contribution is 2.22. The molecule has 0 unspecified atom stereocenters. The second-order valence-corrected chi connectivity index (χ2v) is 3.65. The van der Waals surface area contributed by atoms with Crippen molar-refractivity contribution in [2.75, 3.05) is 6.61 Å². The first-order valence-corrected chi connectivity index (χ1v) is 5.18. The molecule has 0 fully saturated rings. The minimum Gasteiger partial charge on any atom is -0.479 e. The zero-order valence-electron chi connectivity index (χ0n) is 9.80. The second-order valence-electron chi connectivity index (χ2n) is 3.65. The van der Waals surface area contributed by atoms with Crippen molar-refractivity contribution in [2.45, 2.75) is 0 Å². The fraction of sp³-hybridized carbons (Fsp3) is 0.182. The maximum Gasteiger partial charge on any atom is 0.341 e. The van der Waals surface area contributed by atoms with E-state index in [4.69, 9.17) is 9.84 Å². The third-order valence-corrected chi connectivity index (χ3v) is 2.24. The molecule has 0 aliphatic rings. The lowest BCUT2D eigenvalue weighted by Crippen LogP contribution is -2.10. The Balaban J connectivity index is 2.32. The molecule has 1 aromatic heterocycles. The number of halogens is 2. The van der Waals surface area contributed by atoms with E-state index in [-0.39, 0.29) is 17.4 Å². The summed E-state index contributed by atoms with van der Waals surface area (Å²) < 4.78 is 32.4. The van der Waals surface area contributed by atoms with Crippen LogP contribution in [-0.4, -0.2) is 32.4 Å². The summed E-state index contributed by atoms with van der Waals surface area (Å²) in [6.07, 6.45) is 0. The molecule has 2 aromatic rings. The minimum atomic E-state index is -1.18. The Morgan fingerprint density at radius 2 is 2.21 bits per heavy atom. The number of carbonyl (C=O) groups is 1. The Hall–Kier alpha value is -2.51. The molecule has 0 bridgehead atoms. The van der Waals surface area contributed by atoms with E-state index in [1.165, 1.54) is 17.8 Å². The van der Waals surface area contributed by atoms with E-state index in [0.29, 0.717) is 0 Å². The molecule has 8 heteroatoms. The van der Waals surface area contributed by atoms with E-state index in [9.17, 15) is 13.6 Å². The Labute approximate surface area is 106 Å². The molecule has 0 aliphatic heterocycles. The van der Waals surface area contributed by atoms with Crippen LogP contribution in [0.2, 0.25) is 0 Å². The molecular weight excluding hydrogens is 260 g/mol. The maximum atomic E-state index is 13.6. The fourth-order valence-corrected chi connectivity index (χ4v) is 1.45. The molecule has 0 spiro atoms. The number of ether oxygens (including phenoxy) is 1. The molecule has 0 amide bonds. The fourth-order valence-electron chi connectivity index (χ4n) is 1.45. The summed E-state index contributed by atoms with van der Waals surface area (Å²) in [6, 6.07) is 2.84. The number of hydrogen-bond acceptors (Lipinski definition) is 4. The van der Waals surface area contributed by atoms with Crippen LogP contribution in [0.1, 0.15) is 0 Å². The number of aryl methyl sites for hydroxylation is 1. The van der Waals surface area contributed by atoms with Crippen LogP contribution >= 0.6 is 0 Å².